The van der Waals surface area contributed by atoms with Crippen molar-refractivity contribution in [1.82, 2.24) is 9.78 Å². The SMILES string of the molecule is Cc1ccc(C)c(-n2ncc(N)c2C(F)(F)F)c1. The van der Waals surface area contributed by atoms with Crippen LogP contribution in [0.3, 0.4) is 0 Å². The van der Waals surface area contributed by atoms with Crippen molar-refractivity contribution >= 4 is 5.69 Å². The number of anilines is 1. The van der Waals surface area contributed by atoms with Crippen LogP contribution in [-0.4, -0.2) is 9.78 Å². The summed E-state index contributed by atoms with van der Waals surface area (Å²) in [6, 6.07) is 5.23. The Labute approximate surface area is 102 Å². The molecule has 0 amide bonds. The number of nitrogens with two attached hydrogens (primary N) is 1. The second-order valence-electron chi connectivity index (χ2n) is 4.15. The van der Waals surface area contributed by atoms with Crippen molar-refractivity contribution in [3.63, 3.8) is 0 Å². The third-order valence-corrected chi connectivity index (χ3v) is 2.66. The van der Waals surface area contributed by atoms with Gasteiger partial charge in [-0.05, 0) is 31.0 Å². The van der Waals surface area contributed by atoms with E-state index >= 15 is 0 Å². The molecule has 0 saturated heterocycles. The summed E-state index contributed by atoms with van der Waals surface area (Å²) in [5.41, 5.74) is 5.99. The molecular formula is C12H12F3N3. The molecule has 96 valence electrons. The van der Waals surface area contributed by atoms with E-state index in [-0.39, 0.29) is 5.69 Å². The van der Waals surface area contributed by atoms with E-state index in [0.29, 0.717) is 11.3 Å². The molecular weight excluding hydrogens is 243 g/mol. The van der Waals surface area contributed by atoms with Crippen LogP contribution in [0.5, 0.6) is 0 Å². The van der Waals surface area contributed by atoms with Gasteiger partial charge in [0.25, 0.3) is 0 Å². The van der Waals surface area contributed by atoms with E-state index in [4.69, 9.17) is 5.73 Å². The van der Waals surface area contributed by atoms with Crippen molar-refractivity contribution in [3.8, 4) is 5.69 Å². The minimum Gasteiger partial charge on any atom is -0.396 e. The van der Waals surface area contributed by atoms with Gasteiger partial charge in [0.05, 0.1) is 17.6 Å². The van der Waals surface area contributed by atoms with Gasteiger partial charge in [-0.2, -0.15) is 18.3 Å². The summed E-state index contributed by atoms with van der Waals surface area (Å²) in [5.74, 6) is 0. The number of halogens is 3. The first-order chi connectivity index (χ1) is 8.30. The zero-order chi connectivity index (χ0) is 13.5. The Kier molecular flexibility index (Phi) is 2.80. The molecule has 0 aliphatic heterocycles. The number of hydrogen-bond acceptors (Lipinski definition) is 2. The predicted molar refractivity (Wildman–Crippen MR) is 62.5 cm³/mol. The molecule has 0 spiro atoms. The smallest absolute Gasteiger partial charge is 0.396 e. The molecule has 1 aromatic carbocycles. The van der Waals surface area contributed by atoms with Gasteiger partial charge in [0.2, 0.25) is 0 Å². The summed E-state index contributed by atoms with van der Waals surface area (Å²) in [6.45, 7) is 3.54. The van der Waals surface area contributed by atoms with Gasteiger partial charge in [0.1, 0.15) is 0 Å². The highest BCUT2D eigenvalue weighted by Gasteiger charge is 2.38. The highest BCUT2D eigenvalue weighted by atomic mass is 19.4. The predicted octanol–water partition coefficient (Wildman–Crippen LogP) is 3.09. The average molecular weight is 255 g/mol. The molecule has 0 bridgehead atoms. The van der Waals surface area contributed by atoms with Crippen molar-refractivity contribution < 1.29 is 13.2 Å². The maximum Gasteiger partial charge on any atom is 0.435 e. The van der Waals surface area contributed by atoms with E-state index in [2.05, 4.69) is 5.10 Å². The van der Waals surface area contributed by atoms with Gasteiger partial charge in [-0.3, -0.25) is 0 Å². The lowest BCUT2D eigenvalue weighted by Gasteiger charge is -2.13. The number of alkyl halides is 3. The lowest BCUT2D eigenvalue weighted by Crippen LogP contribution is -2.15. The van der Waals surface area contributed by atoms with Gasteiger partial charge in [-0.15, -0.1) is 0 Å². The average Bonchev–Trinajstić information content (AvgIpc) is 2.63. The molecule has 3 nitrogen and oxygen atoms in total. The van der Waals surface area contributed by atoms with Crippen molar-refractivity contribution in [3.05, 3.63) is 41.2 Å². The van der Waals surface area contributed by atoms with E-state index < -0.39 is 11.9 Å². The van der Waals surface area contributed by atoms with Gasteiger partial charge >= 0.3 is 6.18 Å². The van der Waals surface area contributed by atoms with Crippen LogP contribution in [-0.2, 0) is 6.18 Å². The van der Waals surface area contributed by atoms with Crippen LogP contribution in [0.4, 0.5) is 18.9 Å². The fraction of sp³-hybridized carbons (Fsp3) is 0.250. The second-order valence-corrected chi connectivity index (χ2v) is 4.15. The zero-order valence-corrected chi connectivity index (χ0v) is 9.92. The molecule has 2 N–H and O–H groups in total. The van der Waals surface area contributed by atoms with Crippen LogP contribution in [0.15, 0.2) is 24.4 Å². The molecule has 0 aliphatic rings. The number of aryl methyl sites for hydroxylation is 2. The fourth-order valence-corrected chi connectivity index (χ4v) is 1.78. The zero-order valence-electron chi connectivity index (χ0n) is 9.92. The first-order valence-corrected chi connectivity index (χ1v) is 5.29. The monoisotopic (exact) mass is 255 g/mol. The lowest BCUT2D eigenvalue weighted by atomic mass is 10.1. The van der Waals surface area contributed by atoms with Crippen LogP contribution in [0.25, 0.3) is 5.69 Å². The van der Waals surface area contributed by atoms with Gasteiger partial charge < -0.3 is 5.73 Å². The van der Waals surface area contributed by atoms with Crippen molar-refractivity contribution in [2.45, 2.75) is 20.0 Å². The largest absolute Gasteiger partial charge is 0.435 e. The Morgan fingerprint density at radius 3 is 2.50 bits per heavy atom. The fourth-order valence-electron chi connectivity index (χ4n) is 1.78. The molecule has 18 heavy (non-hydrogen) atoms. The summed E-state index contributed by atoms with van der Waals surface area (Å²) in [4.78, 5) is 0. The number of rotatable bonds is 1. The molecule has 6 heteroatoms. The molecule has 0 unspecified atom stereocenters. The maximum atomic E-state index is 12.9. The summed E-state index contributed by atoms with van der Waals surface area (Å²) in [6.07, 6.45) is -3.51. The van der Waals surface area contributed by atoms with Crippen LogP contribution in [0.2, 0.25) is 0 Å². The highest BCUT2D eigenvalue weighted by molar-refractivity contribution is 5.50. The number of nitrogen functional groups attached to an aromatic ring is 1. The number of nitrogens with zero attached hydrogens (tertiary/aromatic N) is 2. The maximum absolute atomic E-state index is 12.9. The molecule has 2 aromatic rings. The van der Waals surface area contributed by atoms with Crippen LogP contribution in [0, 0.1) is 13.8 Å². The molecule has 2 rings (SSSR count). The van der Waals surface area contributed by atoms with Crippen molar-refractivity contribution in [2.75, 3.05) is 5.73 Å². The second kappa shape index (κ2) is 4.04. The molecule has 1 heterocycles. The molecule has 0 aliphatic carbocycles. The van der Waals surface area contributed by atoms with E-state index in [0.717, 1.165) is 16.4 Å². The quantitative estimate of drug-likeness (QED) is 0.851. The Hall–Kier alpha value is -1.98. The summed E-state index contributed by atoms with van der Waals surface area (Å²) in [5, 5.41) is 3.73. The minimum atomic E-state index is -4.53. The Morgan fingerprint density at radius 1 is 1.22 bits per heavy atom. The van der Waals surface area contributed by atoms with Gasteiger partial charge in [0.15, 0.2) is 5.69 Å². The molecule has 0 fully saturated rings. The molecule has 0 saturated carbocycles. The van der Waals surface area contributed by atoms with E-state index in [1.807, 2.05) is 13.0 Å². The number of aromatic nitrogens is 2. The Balaban J connectivity index is 2.69. The first kappa shape index (κ1) is 12.5. The first-order valence-electron chi connectivity index (χ1n) is 5.29. The van der Waals surface area contributed by atoms with Crippen molar-refractivity contribution in [2.24, 2.45) is 0 Å². The standard InChI is InChI=1S/C12H12F3N3/c1-7-3-4-8(2)10(5-7)18-11(12(13,14)15)9(16)6-17-18/h3-6H,16H2,1-2H3. The van der Waals surface area contributed by atoms with Gasteiger partial charge in [0, 0.05) is 0 Å². The van der Waals surface area contributed by atoms with E-state index in [1.54, 1.807) is 19.1 Å². The minimum absolute atomic E-state index is 0.372. The van der Waals surface area contributed by atoms with Crippen LogP contribution in [0.1, 0.15) is 16.8 Å². The lowest BCUT2D eigenvalue weighted by molar-refractivity contribution is -0.142. The number of benzene rings is 1. The highest BCUT2D eigenvalue weighted by Crippen LogP contribution is 2.35. The normalized spacial score (nSPS) is 11.8. The van der Waals surface area contributed by atoms with Gasteiger partial charge in [-0.1, -0.05) is 12.1 Å². The summed E-state index contributed by atoms with van der Waals surface area (Å²) < 4.78 is 39.6. The molecule has 0 atom stereocenters. The Bertz CT molecular complexity index is 585. The summed E-state index contributed by atoms with van der Waals surface area (Å²) >= 11 is 0. The summed E-state index contributed by atoms with van der Waals surface area (Å²) in [7, 11) is 0. The van der Waals surface area contributed by atoms with Crippen LogP contribution >= 0.6 is 0 Å². The van der Waals surface area contributed by atoms with Gasteiger partial charge in [-0.25, -0.2) is 4.68 Å². The van der Waals surface area contributed by atoms with Crippen molar-refractivity contribution in [1.29, 1.82) is 0 Å². The Morgan fingerprint density at radius 2 is 1.89 bits per heavy atom. The molecule has 1 aromatic heterocycles. The topological polar surface area (TPSA) is 43.8 Å². The van der Waals surface area contributed by atoms with E-state index in [9.17, 15) is 13.2 Å². The molecule has 0 radical (unpaired) electrons. The van der Waals surface area contributed by atoms with E-state index in [1.165, 1.54) is 0 Å². The third kappa shape index (κ3) is 2.05. The number of hydrogen-bond donors (Lipinski definition) is 1. The third-order valence-electron chi connectivity index (χ3n) is 2.66. The van der Waals surface area contributed by atoms with Crippen LogP contribution < -0.4 is 5.73 Å².